The second-order valence-electron chi connectivity index (χ2n) is 17.7. The number of imide groups is 1. The third-order valence-electron chi connectivity index (χ3n) is 12.9. The Morgan fingerprint density at radius 1 is 0.882 bits per heavy atom. The predicted molar refractivity (Wildman–Crippen MR) is 257 cm³/mol. The van der Waals surface area contributed by atoms with Crippen molar-refractivity contribution in [2.75, 3.05) is 70.3 Å². The van der Waals surface area contributed by atoms with Gasteiger partial charge in [0.25, 0.3) is 11.8 Å². The lowest BCUT2D eigenvalue weighted by atomic mass is 9.86. The van der Waals surface area contributed by atoms with Gasteiger partial charge in [-0.1, -0.05) is 30.7 Å². The Balaban J connectivity index is 0.693. The van der Waals surface area contributed by atoms with Crippen LogP contribution in [-0.2, 0) is 31.1 Å². The van der Waals surface area contributed by atoms with E-state index < -0.39 is 17.5 Å². The van der Waals surface area contributed by atoms with Gasteiger partial charge >= 0.3 is 0 Å². The molecule has 358 valence electrons. The molecule has 5 N–H and O–H groups in total. The van der Waals surface area contributed by atoms with Gasteiger partial charge in [0.2, 0.25) is 11.8 Å². The molecule has 2 aromatic heterocycles. The zero-order valence-corrected chi connectivity index (χ0v) is 38.9. The minimum atomic E-state index is -0.641. The Bertz CT molecular complexity index is 2510. The number of carbonyl (C=O) groups excluding carboxylic acids is 4. The molecule has 1 unspecified atom stereocenters. The molecule has 68 heavy (non-hydrogen) atoms. The van der Waals surface area contributed by atoms with E-state index in [-0.39, 0.29) is 30.2 Å². The number of unbranched alkanes of at least 4 members (excludes halogenated alkanes) is 3. The van der Waals surface area contributed by atoms with E-state index in [4.69, 9.17) is 19.2 Å². The number of rotatable bonds is 23. The van der Waals surface area contributed by atoms with Crippen LogP contribution < -0.4 is 26.0 Å². The number of ether oxygens (including phenoxy) is 3. The number of aromatic amines is 1. The van der Waals surface area contributed by atoms with Crippen LogP contribution in [0, 0.1) is 0 Å². The molecule has 3 aromatic carbocycles. The van der Waals surface area contributed by atoms with Gasteiger partial charge in [0, 0.05) is 85.2 Å². The number of hydrogen-bond acceptors (Lipinski definition) is 13. The number of benzene rings is 3. The fraction of sp³-hybridized carbons (Fsp3) is 0.431. The molecule has 3 aliphatic heterocycles. The SMILES string of the molecule is C[C@@H](NC(=O)c1cccc(NC2(c3nc(-c4ccncc4)n[nH]3)CCN(C)CC2)c1)c1cccc(OCCCCCCOCCOCCNc2cccc3c2CN(C2CCC(=O)NC2=O)C3=O)c1. The van der Waals surface area contributed by atoms with Crippen LogP contribution in [0.25, 0.3) is 11.4 Å². The number of likely N-dealkylation sites (tertiary alicyclic amines) is 1. The molecule has 5 heterocycles. The number of anilines is 2. The van der Waals surface area contributed by atoms with Crippen molar-refractivity contribution >= 4 is 35.0 Å². The maximum Gasteiger partial charge on any atom is 0.255 e. The van der Waals surface area contributed by atoms with Crippen molar-refractivity contribution in [3.05, 3.63) is 119 Å². The summed E-state index contributed by atoms with van der Waals surface area (Å²) in [7, 11) is 2.12. The van der Waals surface area contributed by atoms with Gasteiger partial charge in [-0.05, 0) is 113 Å². The summed E-state index contributed by atoms with van der Waals surface area (Å²) in [6, 6.07) is 23.9. The quantitative estimate of drug-likeness (QED) is 0.0364. The summed E-state index contributed by atoms with van der Waals surface area (Å²) in [6.45, 7) is 7.36. The van der Waals surface area contributed by atoms with Gasteiger partial charge in [-0.3, -0.25) is 34.6 Å². The lowest BCUT2D eigenvalue weighted by Crippen LogP contribution is -2.52. The molecule has 5 aromatic rings. The first-order valence-corrected chi connectivity index (χ1v) is 23.8. The zero-order valence-electron chi connectivity index (χ0n) is 38.9. The van der Waals surface area contributed by atoms with Gasteiger partial charge in [-0.25, -0.2) is 4.98 Å². The molecule has 4 amide bonds. The molecule has 0 bridgehead atoms. The minimum Gasteiger partial charge on any atom is -0.494 e. The molecule has 17 heteroatoms. The summed E-state index contributed by atoms with van der Waals surface area (Å²) in [5.41, 5.74) is 5.04. The maximum absolute atomic E-state index is 13.6. The second kappa shape index (κ2) is 22.9. The van der Waals surface area contributed by atoms with Crippen molar-refractivity contribution in [3.63, 3.8) is 0 Å². The number of nitrogens with one attached hydrogen (secondary N) is 5. The molecule has 3 aliphatic rings. The fourth-order valence-electron chi connectivity index (χ4n) is 8.96. The molecule has 8 rings (SSSR count). The monoisotopic (exact) mass is 926 g/mol. The van der Waals surface area contributed by atoms with E-state index in [0.717, 1.165) is 91.3 Å². The van der Waals surface area contributed by atoms with Crippen molar-refractivity contribution in [2.24, 2.45) is 0 Å². The van der Waals surface area contributed by atoms with Gasteiger partial charge < -0.3 is 40.0 Å². The van der Waals surface area contributed by atoms with Crippen LogP contribution in [0.5, 0.6) is 5.75 Å². The number of fused-ring (bicyclic) bond motifs is 1. The lowest BCUT2D eigenvalue weighted by molar-refractivity contribution is -0.136. The van der Waals surface area contributed by atoms with E-state index in [0.29, 0.717) is 69.5 Å². The van der Waals surface area contributed by atoms with Crippen LogP contribution in [0.1, 0.15) is 102 Å². The number of hydrogen-bond donors (Lipinski definition) is 5. The van der Waals surface area contributed by atoms with Gasteiger partial charge in [-0.2, -0.15) is 5.10 Å². The molecule has 2 fully saturated rings. The number of H-pyrrole nitrogens is 1. The van der Waals surface area contributed by atoms with Crippen molar-refractivity contribution in [2.45, 2.75) is 82.5 Å². The predicted octanol–water partition coefficient (Wildman–Crippen LogP) is 6.24. The normalized spacial score (nSPS) is 17.4. The highest BCUT2D eigenvalue weighted by Crippen LogP contribution is 2.36. The molecule has 0 aliphatic carbocycles. The van der Waals surface area contributed by atoms with Crippen LogP contribution in [0.15, 0.2) is 91.3 Å². The molecule has 2 saturated heterocycles. The summed E-state index contributed by atoms with van der Waals surface area (Å²) in [5.74, 6) is 1.10. The summed E-state index contributed by atoms with van der Waals surface area (Å²) >= 11 is 0. The minimum absolute atomic E-state index is 0.163. The Labute approximate surface area is 397 Å². The molecule has 0 saturated carbocycles. The van der Waals surface area contributed by atoms with Crippen LogP contribution in [0.4, 0.5) is 11.4 Å². The summed E-state index contributed by atoms with van der Waals surface area (Å²) < 4.78 is 17.6. The van der Waals surface area contributed by atoms with Gasteiger partial charge in [-0.15, -0.1) is 0 Å². The van der Waals surface area contributed by atoms with E-state index in [1.807, 2.05) is 79.7 Å². The second-order valence-corrected chi connectivity index (χ2v) is 17.7. The average molecular weight is 927 g/mol. The van der Waals surface area contributed by atoms with E-state index >= 15 is 0 Å². The van der Waals surface area contributed by atoms with Crippen LogP contribution in [0.2, 0.25) is 0 Å². The van der Waals surface area contributed by atoms with Crippen molar-refractivity contribution in [3.8, 4) is 17.1 Å². The molecular weight excluding hydrogens is 865 g/mol. The summed E-state index contributed by atoms with van der Waals surface area (Å²) in [5, 5.41) is 20.4. The highest BCUT2D eigenvalue weighted by Gasteiger charge is 2.41. The molecule has 17 nitrogen and oxygen atoms in total. The summed E-state index contributed by atoms with van der Waals surface area (Å²) in [4.78, 5) is 63.6. The van der Waals surface area contributed by atoms with Gasteiger partial charge in [0.1, 0.15) is 11.8 Å². The van der Waals surface area contributed by atoms with Gasteiger partial charge in [0.05, 0.1) is 38.0 Å². The Kier molecular flexibility index (Phi) is 16.1. The number of carbonyl (C=O) groups is 4. The van der Waals surface area contributed by atoms with Crippen LogP contribution >= 0.6 is 0 Å². The first-order valence-electron chi connectivity index (χ1n) is 23.8. The smallest absolute Gasteiger partial charge is 0.255 e. The van der Waals surface area contributed by atoms with Crippen molar-refractivity contribution < 1.29 is 33.4 Å². The largest absolute Gasteiger partial charge is 0.494 e. The van der Waals surface area contributed by atoms with E-state index in [9.17, 15) is 19.2 Å². The Hall–Kier alpha value is -6.69. The molecular formula is C51H62N10O7. The standard InChI is InChI=1S/C51H62N10O7/c1-35(54-47(63)38-11-7-12-39(32-38)57-51(20-25-60(2)26-21-51)50-56-46(58-59-50)36-18-22-52-23-19-36)37-10-8-13-40(33-37)68-28-6-4-3-5-27-66-30-31-67-29-24-53-43-15-9-14-41-42(43)34-61(49(41)65)44-16-17-45(62)55-48(44)64/h7-15,18-19,22-23,32-33,35,44,53,57H,3-6,16-17,20-21,24-31,34H2,1-2H3,(H,54,63)(H,55,62,64)(H,56,58,59)/t35-,44?/m1/s1. The molecule has 0 spiro atoms. The highest BCUT2D eigenvalue weighted by atomic mass is 16.5. The van der Waals surface area contributed by atoms with E-state index in [1.54, 1.807) is 23.4 Å². The molecule has 0 radical (unpaired) electrons. The van der Waals surface area contributed by atoms with Crippen molar-refractivity contribution in [1.82, 2.24) is 40.6 Å². The lowest BCUT2D eigenvalue weighted by Gasteiger charge is -2.40. The number of amides is 4. The number of pyridine rings is 1. The topological polar surface area (TPSA) is 205 Å². The van der Waals surface area contributed by atoms with Crippen LogP contribution in [0.3, 0.4) is 0 Å². The zero-order chi connectivity index (χ0) is 47.3. The van der Waals surface area contributed by atoms with E-state index in [1.165, 1.54) is 0 Å². The third kappa shape index (κ3) is 12.1. The number of nitrogens with zero attached hydrogens (tertiary/aromatic N) is 5. The summed E-state index contributed by atoms with van der Waals surface area (Å²) in [6.07, 6.45) is 9.59. The third-order valence-corrected chi connectivity index (χ3v) is 12.9. The first kappa shape index (κ1) is 47.8. The average Bonchev–Trinajstić information content (AvgIpc) is 3.99. The van der Waals surface area contributed by atoms with Gasteiger partial charge in [0.15, 0.2) is 11.6 Å². The first-order chi connectivity index (χ1) is 33.2. The highest BCUT2D eigenvalue weighted by molar-refractivity contribution is 6.06. The van der Waals surface area contributed by atoms with Crippen molar-refractivity contribution in [1.29, 1.82) is 0 Å². The Morgan fingerprint density at radius 2 is 1.65 bits per heavy atom. The number of aromatic nitrogens is 4. The fourth-order valence-corrected chi connectivity index (χ4v) is 8.96. The van der Waals surface area contributed by atoms with Crippen LogP contribution in [-0.4, -0.2) is 119 Å². The maximum atomic E-state index is 13.6. The Morgan fingerprint density at radius 3 is 2.46 bits per heavy atom. The molecule has 2 atom stereocenters. The van der Waals surface area contributed by atoms with E-state index in [2.05, 4.69) is 48.4 Å². The number of piperidine rings is 2.